The first-order valence-corrected chi connectivity index (χ1v) is 7.07. The van der Waals surface area contributed by atoms with Crippen LogP contribution in [0.5, 0.6) is 0 Å². The van der Waals surface area contributed by atoms with Crippen LogP contribution in [0.1, 0.15) is 27.3 Å². The second-order valence-corrected chi connectivity index (χ2v) is 5.49. The summed E-state index contributed by atoms with van der Waals surface area (Å²) >= 11 is 0. The molecule has 0 atom stereocenters. The number of imidazole rings is 1. The highest BCUT2D eigenvalue weighted by molar-refractivity contribution is 5.99. The maximum absolute atomic E-state index is 12.6. The fourth-order valence-electron chi connectivity index (χ4n) is 2.63. The van der Waals surface area contributed by atoms with Gasteiger partial charge in [-0.25, -0.2) is 4.98 Å². The molecule has 2 aromatic carbocycles. The zero-order chi connectivity index (χ0) is 15.0. The Morgan fingerprint density at radius 2 is 1.90 bits per heavy atom. The van der Waals surface area contributed by atoms with E-state index in [1.54, 1.807) is 0 Å². The van der Waals surface area contributed by atoms with Crippen LogP contribution in [-0.4, -0.2) is 15.3 Å². The van der Waals surface area contributed by atoms with Crippen molar-refractivity contribution in [3.63, 3.8) is 0 Å². The molecule has 3 heteroatoms. The Bertz CT molecular complexity index is 830. The number of rotatable bonds is 3. The molecule has 0 aliphatic carbocycles. The quantitative estimate of drug-likeness (QED) is 0.686. The van der Waals surface area contributed by atoms with Crippen molar-refractivity contribution in [1.29, 1.82) is 0 Å². The maximum atomic E-state index is 12.6. The van der Waals surface area contributed by atoms with Crippen LogP contribution in [0.3, 0.4) is 0 Å². The van der Waals surface area contributed by atoms with Crippen LogP contribution in [0, 0.1) is 13.8 Å². The van der Waals surface area contributed by atoms with Gasteiger partial charge in [-0.3, -0.25) is 4.79 Å². The Morgan fingerprint density at radius 1 is 1.14 bits per heavy atom. The van der Waals surface area contributed by atoms with Crippen molar-refractivity contribution >= 4 is 16.8 Å². The smallest absolute Gasteiger partial charge is 0.170 e. The molecule has 0 bridgehead atoms. The third-order valence-electron chi connectivity index (χ3n) is 3.89. The number of carbonyl (C=O) groups excluding carboxylic acids is 1. The Kier molecular flexibility index (Phi) is 3.34. The molecule has 21 heavy (non-hydrogen) atoms. The molecule has 3 aromatic rings. The summed E-state index contributed by atoms with van der Waals surface area (Å²) in [7, 11) is 1.96. The number of fused-ring (bicyclic) bond motifs is 1. The van der Waals surface area contributed by atoms with E-state index in [0.29, 0.717) is 6.42 Å². The lowest BCUT2D eigenvalue weighted by atomic mass is 10.00. The van der Waals surface area contributed by atoms with E-state index in [1.165, 1.54) is 0 Å². The lowest BCUT2D eigenvalue weighted by Gasteiger charge is -2.06. The van der Waals surface area contributed by atoms with E-state index in [1.807, 2.05) is 67.9 Å². The Balaban J connectivity index is 1.96. The van der Waals surface area contributed by atoms with Crippen molar-refractivity contribution in [1.82, 2.24) is 9.55 Å². The van der Waals surface area contributed by atoms with Crippen molar-refractivity contribution in [2.24, 2.45) is 7.05 Å². The molecule has 1 heterocycles. The predicted octanol–water partition coefficient (Wildman–Crippen LogP) is 3.62. The van der Waals surface area contributed by atoms with E-state index in [4.69, 9.17) is 0 Å². The summed E-state index contributed by atoms with van der Waals surface area (Å²) in [6.07, 6.45) is 0.329. The molecule has 0 saturated heterocycles. The molecule has 0 N–H and O–H groups in total. The average Bonchev–Trinajstić information content (AvgIpc) is 2.78. The highest BCUT2D eigenvalue weighted by atomic mass is 16.1. The molecule has 0 fully saturated rings. The summed E-state index contributed by atoms with van der Waals surface area (Å²) in [4.78, 5) is 17.1. The SMILES string of the molecule is Cc1ccc(C)c(C(=O)Cc2nc3ccccc3n2C)c1. The zero-order valence-electron chi connectivity index (χ0n) is 12.6. The van der Waals surface area contributed by atoms with E-state index < -0.39 is 0 Å². The molecule has 0 radical (unpaired) electrons. The summed E-state index contributed by atoms with van der Waals surface area (Å²) in [5.74, 6) is 0.928. The van der Waals surface area contributed by atoms with Gasteiger partial charge >= 0.3 is 0 Å². The van der Waals surface area contributed by atoms with Gasteiger partial charge in [-0.05, 0) is 37.6 Å². The van der Waals surface area contributed by atoms with Crippen LogP contribution >= 0.6 is 0 Å². The fraction of sp³-hybridized carbons (Fsp3) is 0.222. The lowest BCUT2D eigenvalue weighted by molar-refractivity contribution is 0.0989. The first-order chi connectivity index (χ1) is 10.1. The molecule has 1 aromatic heterocycles. The Labute approximate surface area is 124 Å². The molecular formula is C18H18N2O. The standard InChI is InChI=1S/C18H18N2O/c1-12-8-9-13(2)14(10-12)17(21)11-18-19-15-6-4-5-7-16(15)20(18)3/h4-10H,11H2,1-3H3. The number of aryl methyl sites for hydroxylation is 3. The van der Waals surface area contributed by atoms with Gasteiger partial charge in [0.25, 0.3) is 0 Å². The van der Waals surface area contributed by atoms with Crippen molar-refractivity contribution in [3.8, 4) is 0 Å². The molecule has 3 rings (SSSR count). The number of aromatic nitrogens is 2. The van der Waals surface area contributed by atoms with Crippen molar-refractivity contribution in [2.45, 2.75) is 20.3 Å². The predicted molar refractivity (Wildman–Crippen MR) is 84.7 cm³/mol. The Hall–Kier alpha value is -2.42. The van der Waals surface area contributed by atoms with Crippen LogP contribution in [0.25, 0.3) is 11.0 Å². The van der Waals surface area contributed by atoms with Crippen LogP contribution in [0.4, 0.5) is 0 Å². The van der Waals surface area contributed by atoms with E-state index in [2.05, 4.69) is 4.98 Å². The zero-order valence-corrected chi connectivity index (χ0v) is 12.6. The summed E-state index contributed by atoms with van der Waals surface area (Å²) in [5.41, 5.74) is 4.91. The van der Waals surface area contributed by atoms with Gasteiger partial charge in [0.15, 0.2) is 5.78 Å². The maximum Gasteiger partial charge on any atom is 0.170 e. The highest BCUT2D eigenvalue weighted by Crippen LogP contribution is 2.17. The van der Waals surface area contributed by atoms with E-state index in [-0.39, 0.29) is 5.78 Å². The van der Waals surface area contributed by atoms with E-state index in [0.717, 1.165) is 33.5 Å². The second-order valence-electron chi connectivity index (χ2n) is 5.49. The number of nitrogens with zero attached hydrogens (tertiary/aromatic N) is 2. The number of hydrogen-bond acceptors (Lipinski definition) is 2. The molecule has 3 nitrogen and oxygen atoms in total. The van der Waals surface area contributed by atoms with Crippen LogP contribution in [0.2, 0.25) is 0 Å². The summed E-state index contributed by atoms with van der Waals surface area (Å²) in [6.45, 7) is 3.98. The van der Waals surface area contributed by atoms with Crippen molar-refractivity contribution in [3.05, 3.63) is 65.0 Å². The van der Waals surface area contributed by atoms with Crippen LogP contribution < -0.4 is 0 Å². The molecule has 0 spiro atoms. The van der Waals surface area contributed by atoms with Gasteiger partial charge in [-0.15, -0.1) is 0 Å². The molecule has 0 saturated carbocycles. The summed E-state index contributed by atoms with van der Waals surface area (Å²) < 4.78 is 2.00. The normalized spacial score (nSPS) is 11.0. The van der Waals surface area contributed by atoms with Gasteiger partial charge in [-0.2, -0.15) is 0 Å². The second kappa shape index (κ2) is 5.17. The minimum absolute atomic E-state index is 0.120. The van der Waals surface area contributed by atoms with Crippen molar-refractivity contribution < 1.29 is 4.79 Å². The van der Waals surface area contributed by atoms with Gasteiger partial charge < -0.3 is 4.57 Å². The van der Waals surface area contributed by atoms with Gasteiger partial charge in [0.2, 0.25) is 0 Å². The van der Waals surface area contributed by atoms with Crippen molar-refractivity contribution in [2.75, 3.05) is 0 Å². The molecule has 0 aliphatic rings. The summed E-state index contributed by atoms with van der Waals surface area (Å²) in [6, 6.07) is 13.9. The first-order valence-electron chi connectivity index (χ1n) is 7.07. The first kappa shape index (κ1) is 13.6. The third-order valence-corrected chi connectivity index (χ3v) is 3.89. The number of para-hydroxylation sites is 2. The molecule has 0 amide bonds. The summed E-state index contributed by atoms with van der Waals surface area (Å²) in [5, 5.41) is 0. The molecule has 106 valence electrons. The monoisotopic (exact) mass is 278 g/mol. The lowest BCUT2D eigenvalue weighted by Crippen LogP contribution is -2.10. The number of Topliss-reactive ketones (excluding diaryl/α,β-unsaturated/α-hetero) is 1. The van der Waals surface area contributed by atoms with Gasteiger partial charge in [0.1, 0.15) is 5.82 Å². The third kappa shape index (κ3) is 2.47. The van der Waals surface area contributed by atoms with Gasteiger partial charge in [0, 0.05) is 12.6 Å². The Morgan fingerprint density at radius 3 is 2.67 bits per heavy atom. The number of benzene rings is 2. The van der Waals surface area contributed by atoms with Gasteiger partial charge in [-0.1, -0.05) is 29.8 Å². The van der Waals surface area contributed by atoms with Gasteiger partial charge in [0.05, 0.1) is 17.5 Å². The van der Waals surface area contributed by atoms with E-state index >= 15 is 0 Å². The average molecular weight is 278 g/mol. The molecule has 0 aliphatic heterocycles. The van der Waals surface area contributed by atoms with Crippen LogP contribution in [0.15, 0.2) is 42.5 Å². The molecule has 0 unspecified atom stereocenters. The number of hydrogen-bond donors (Lipinski definition) is 0. The number of carbonyl (C=O) groups is 1. The fourth-order valence-corrected chi connectivity index (χ4v) is 2.63. The highest BCUT2D eigenvalue weighted by Gasteiger charge is 2.15. The molecular weight excluding hydrogens is 260 g/mol. The minimum Gasteiger partial charge on any atom is -0.331 e. The number of ketones is 1. The minimum atomic E-state index is 0.120. The largest absolute Gasteiger partial charge is 0.331 e. The van der Waals surface area contributed by atoms with E-state index in [9.17, 15) is 4.79 Å². The topological polar surface area (TPSA) is 34.9 Å². The van der Waals surface area contributed by atoms with Crippen LogP contribution in [-0.2, 0) is 13.5 Å².